The summed E-state index contributed by atoms with van der Waals surface area (Å²) in [5.41, 5.74) is 0.553. The Labute approximate surface area is 167 Å². The monoisotopic (exact) mass is 427 g/mol. The largest absolute Gasteiger partial charge is 0.488 e. The Kier molecular flexibility index (Phi) is 5.62. The summed E-state index contributed by atoms with van der Waals surface area (Å²) in [6.07, 6.45) is -4.38. The summed E-state index contributed by atoms with van der Waals surface area (Å²) in [4.78, 5) is 16.2. The molecular weight excluding hydrogens is 415 g/mol. The number of thiazole rings is 1. The zero-order valence-corrected chi connectivity index (χ0v) is 16.0. The normalized spacial score (nSPS) is 11.5. The molecule has 4 nitrogen and oxygen atoms in total. The highest BCUT2D eigenvalue weighted by molar-refractivity contribution is 7.15. The van der Waals surface area contributed by atoms with Gasteiger partial charge < -0.3 is 9.84 Å². The number of carboxylic acid groups (broad SMARTS) is 1. The Morgan fingerprint density at radius 1 is 1.21 bits per heavy atom. The van der Waals surface area contributed by atoms with Gasteiger partial charge in [0, 0.05) is 5.56 Å². The molecule has 0 aliphatic rings. The molecular formula is C19H13ClF3NO3S. The number of alkyl halides is 3. The summed E-state index contributed by atoms with van der Waals surface area (Å²) < 4.78 is 43.7. The first kappa shape index (κ1) is 20.2. The lowest BCUT2D eigenvalue weighted by atomic mass is 10.1. The molecule has 1 N–H and O–H groups in total. The minimum Gasteiger partial charge on any atom is -0.488 e. The Morgan fingerprint density at radius 3 is 2.46 bits per heavy atom. The molecule has 0 atom stereocenters. The van der Waals surface area contributed by atoms with E-state index in [-0.39, 0.29) is 17.2 Å². The molecule has 3 rings (SSSR count). The number of benzene rings is 2. The lowest BCUT2D eigenvalue weighted by Crippen LogP contribution is -2.03. The van der Waals surface area contributed by atoms with Gasteiger partial charge in [0.2, 0.25) is 0 Å². The van der Waals surface area contributed by atoms with Gasteiger partial charge in [0.1, 0.15) is 17.4 Å². The van der Waals surface area contributed by atoms with Crippen molar-refractivity contribution < 1.29 is 27.8 Å². The van der Waals surface area contributed by atoms with E-state index in [1.807, 2.05) is 0 Å². The van der Waals surface area contributed by atoms with Gasteiger partial charge in [-0.25, -0.2) is 9.78 Å². The summed E-state index contributed by atoms with van der Waals surface area (Å²) in [6.45, 7) is 1.95. The molecule has 0 radical (unpaired) electrons. The van der Waals surface area contributed by atoms with Crippen LogP contribution in [-0.4, -0.2) is 16.1 Å². The number of rotatable bonds is 5. The molecule has 1 heterocycles. The first-order valence-electron chi connectivity index (χ1n) is 7.94. The average molecular weight is 428 g/mol. The number of nitrogens with zero attached hydrogens (tertiary/aromatic N) is 1. The van der Waals surface area contributed by atoms with Gasteiger partial charge in [0.15, 0.2) is 0 Å². The van der Waals surface area contributed by atoms with Crippen LogP contribution >= 0.6 is 22.9 Å². The number of hydrogen-bond acceptors (Lipinski definition) is 4. The van der Waals surface area contributed by atoms with Crippen LogP contribution in [0, 0.1) is 6.92 Å². The van der Waals surface area contributed by atoms with E-state index in [1.54, 1.807) is 6.92 Å². The fourth-order valence-corrected chi connectivity index (χ4v) is 3.63. The lowest BCUT2D eigenvalue weighted by Gasteiger charge is -2.07. The van der Waals surface area contributed by atoms with Gasteiger partial charge >= 0.3 is 12.1 Å². The van der Waals surface area contributed by atoms with Crippen molar-refractivity contribution in [1.82, 2.24) is 4.98 Å². The maximum absolute atomic E-state index is 12.7. The van der Waals surface area contributed by atoms with E-state index in [0.29, 0.717) is 22.0 Å². The van der Waals surface area contributed by atoms with Gasteiger partial charge in [-0.05, 0) is 37.3 Å². The molecule has 0 unspecified atom stereocenters. The summed E-state index contributed by atoms with van der Waals surface area (Å²) in [6, 6.07) is 9.09. The van der Waals surface area contributed by atoms with E-state index in [2.05, 4.69) is 4.98 Å². The fourth-order valence-electron chi connectivity index (χ4n) is 2.40. The van der Waals surface area contributed by atoms with Crippen LogP contribution in [0.1, 0.15) is 26.5 Å². The summed E-state index contributed by atoms with van der Waals surface area (Å²) >= 11 is 7.23. The van der Waals surface area contributed by atoms with Crippen LogP contribution in [0.25, 0.3) is 10.6 Å². The second-order valence-corrected chi connectivity index (χ2v) is 7.33. The first-order valence-corrected chi connectivity index (χ1v) is 9.14. The van der Waals surface area contributed by atoms with Gasteiger partial charge in [-0.15, -0.1) is 11.3 Å². The maximum atomic E-state index is 12.7. The zero-order valence-electron chi connectivity index (χ0n) is 14.4. The number of carboxylic acids is 1. The molecule has 1 aromatic heterocycles. The molecule has 0 aliphatic heterocycles. The van der Waals surface area contributed by atoms with Crippen LogP contribution < -0.4 is 4.74 Å². The van der Waals surface area contributed by atoms with E-state index < -0.39 is 17.7 Å². The molecule has 0 saturated heterocycles. The second-order valence-electron chi connectivity index (χ2n) is 5.84. The number of carbonyl (C=O) groups is 1. The molecule has 0 fully saturated rings. The Hall–Kier alpha value is -2.58. The van der Waals surface area contributed by atoms with Crippen molar-refractivity contribution in [3.05, 3.63) is 69.2 Å². The molecule has 146 valence electrons. The third-order valence-corrected chi connectivity index (χ3v) is 5.39. The maximum Gasteiger partial charge on any atom is 0.416 e. The number of hydrogen-bond donors (Lipinski definition) is 1. The molecule has 3 aromatic rings. The smallest absolute Gasteiger partial charge is 0.416 e. The molecule has 28 heavy (non-hydrogen) atoms. The van der Waals surface area contributed by atoms with E-state index in [0.717, 1.165) is 17.0 Å². The molecule has 2 aromatic carbocycles. The van der Waals surface area contributed by atoms with E-state index >= 15 is 0 Å². The molecule has 0 spiro atoms. The SMILES string of the molecule is Cc1nc(-c2ccc(C(F)(F)F)cc2)sc1COc1ccc(C(=O)O)c(Cl)c1. The van der Waals surface area contributed by atoms with Crippen LogP contribution in [0.3, 0.4) is 0 Å². The predicted molar refractivity (Wildman–Crippen MR) is 100 cm³/mol. The van der Waals surface area contributed by atoms with E-state index in [9.17, 15) is 18.0 Å². The average Bonchev–Trinajstić information content (AvgIpc) is 3.00. The third kappa shape index (κ3) is 4.45. The molecule has 0 bridgehead atoms. The van der Waals surface area contributed by atoms with Crippen LogP contribution in [0.15, 0.2) is 42.5 Å². The number of aryl methyl sites for hydroxylation is 1. The van der Waals surface area contributed by atoms with Crippen molar-refractivity contribution in [3.8, 4) is 16.3 Å². The minimum absolute atomic E-state index is 0.0208. The highest BCUT2D eigenvalue weighted by atomic mass is 35.5. The Morgan fingerprint density at radius 2 is 1.89 bits per heavy atom. The highest BCUT2D eigenvalue weighted by Gasteiger charge is 2.30. The van der Waals surface area contributed by atoms with E-state index in [1.165, 1.54) is 41.7 Å². The van der Waals surface area contributed by atoms with Gasteiger partial charge in [0.25, 0.3) is 0 Å². The lowest BCUT2D eigenvalue weighted by molar-refractivity contribution is -0.137. The van der Waals surface area contributed by atoms with Gasteiger partial charge in [0.05, 0.1) is 26.7 Å². The van der Waals surface area contributed by atoms with Crippen molar-refractivity contribution >= 4 is 28.9 Å². The van der Waals surface area contributed by atoms with E-state index in [4.69, 9.17) is 21.4 Å². The van der Waals surface area contributed by atoms with Crippen molar-refractivity contribution in [3.63, 3.8) is 0 Å². The molecule has 0 amide bonds. The first-order chi connectivity index (χ1) is 13.1. The van der Waals surface area contributed by atoms with Crippen LogP contribution in [0.2, 0.25) is 5.02 Å². The van der Waals surface area contributed by atoms with Crippen molar-refractivity contribution in [2.75, 3.05) is 0 Å². The summed E-state index contributed by atoms with van der Waals surface area (Å²) in [7, 11) is 0. The fraction of sp³-hybridized carbons (Fsp3) is 0.158. The summed E-state index contributed by atoms with van der Waals surface area (Å²) in [5, 5.41) is 9.63. The third-order valence-electron chi connectivity index (χ3n) is 3.89. The molecule has 9 heteroatoms. The Balaban J connectivity index is 1.74. The number of aromatic carboxylic acids is 1. The van der Waals surface area contributed by atoms with Crippen LogP contribution in [0.5, 0.6) is 5.75 Å². The second kappa shape index (κ2) is 7.81. The van der Waals surface area contributed by atoms with Crippen LogP contribution in [-0.2, 0) is 12.8 Å². The number of ether oxygens (including phenoxy) is 1. The quantitative estimate of drug-likeness (QED) is 0.537. The van der Waals surface area contributed by atoms with Crippen molar-refractivity contribution in [2.45, 2.75) is 19.7 Å². The van der Waals surface area contributed by atoms with Crippen molar-refractivity contribution in [2.24, 2.45) is 0 Å². The summed E-state index contributed by atoms with van der Waals surface area (Å²) in [5.74, 6) is -0.727. The van der Waals surface area contributed by atoms with Crippen LogP contribution in [0.4, 0.5) is 13.2 Å². The molecule has 0 aliphatic carbocycles. The number of halogens is 4. The predicted octanol–water partition coefficient (Wildman–Crippen LogP) is 6.07. The minimum atomic E-state index is -4.38. The zero-order chi connectivity index (χ0) is 20.5. The van der Waals surface area contributed by atoms with Gasteiger partial charge in [-0.2, -0.15) is 13.2 Å². The topological polar surface area (TPSA) is 59.4 Å². The Bertz CT molecular complexity index is 1020. The standard InChI is InChI=1S/C19H13ClF3NO3S/c1-10-16(9-27-13-6-7-14(18(25)26)15(20)8-13)28-17(24-10)11-2-4-12(5-3-11)19(21,22)23/h2-8H,9H2,1H3,(H,25,26). The highest BCUT2D eigenvalue weighted by Crippen LogP contribution is 2.33. The molecule has 0 saturated carbocycles. The number of aromatic nitrogens is 1. The van der Waals surface area contributed by atoms with Gasteiger partial charge in [-0.3, -0.25) is 0 Å². The van der Waals surface area contributed by atoms with Crippen molar-refractivity contribution in [1.29, 1.82) is 0 Å². The van der Waals surface area contributed by atoms with Gasteiger partial charge in [-0.1, -0.05) is 23.7 Å².